The van der Waals surface area contributed by atoms with Crippen LogP contribution in [0.2, 0.25) is 5.02 Å². The van der Waals surface area contributed by atoms with Crippen molar-refractivity contribution in [2.45, 2.75) is 0 Å². The summed E-state index contributed by atoms with van der Waals surface area (Å²) >= 11 is 6.27. The number of aromatic nitrogens is 2. The van der Waals surface area contributed by atoms with Crippen molar-refractivity contribution in [2.24, 2.45) is 0 Å². The van der Waals surface area contributed by atoms with E-state index in [1.807, 2.05) is 0 Å². The van der Waals surface area contributed by atoms with Crippen molar-refractivity contribution in [3.63, 3.8) is 0 Å². The van der Waals surface area contributed by atoms with Gasteiger partial charge in [0, 0.05) is 6.07 Å². The van der Waals surface area contributed by atoms with Gasteiger partial charge in [-0.3, -0.25) is 10.1 Å². The number of nitro groups is 1. The van der Waals surface area contributed by atoms with Gasteiger partial charge in [-0.15, -0.1) is 5.10 Å². The maximum Gasteiger partial charge on any atom is 0.309 e. The van der Waals surface area contributed by atoms with E-state index in [4.69, 9.17) is 11.6 Å². The predicted octanol–water partition coefficient (Wildman–Crippen LogP) is 2.39. The largest absolute Gasteiger partial charge is 0.309 e. The zero-order valence-electron chi connectivity index (χ0n) is 6.40. The van der Waals surface area contributed by atoms with Gasteiger partial charge in [-0.1, -0.05) is 16.1 Å². The number of nitro benzene ring substituents is 1. The minimum absolute atomic E-state index is 0.0556. The molecule has 0 aliphatic carbocycles. The summed E-state index contributed by atoms with van der Waals surface area (Å²) in [5.41, 5.74) is -0.468. The Balaban J connectivity index is 2.93. The van der Waals surface area contributed by atoms with Crippen LogP contribution in [0.1, 0.15) is 0 Å². The molecule has 0 saturated carbocycles. The highest BCUT2D eigenvalue weighted by atomic mass is 35.5. The van der Waals surface area contributed by atoms with Gasteiger partial charge in [-0.2, -0.15) is 0 Å². The molecule has 0 N–H and O–H groups in total. The number of nitrogens with zero attached hydrogens (tertiary/aromatic N) is 3. The molecule has 0 bridgehead atoms. The molecule has 0 aliphatic heterocycles. The summed E-state index contributed by atoms with van der Waals surface area (Å²) in [5, 5.41) is 13.8. The highest BCUT2D eigenvalue weighted by Gasteiger charge is 2.23. The lowest BCUT2D eigenvalue weighted by molar-refractivity contribution is -0.382. The molecule has 1 aromatic heterocycles. The number of benzene rings is 1. The van der Waals surface area contributed by atoms with Crippen LogP contribution in [0.15, 0.2) is 6.07 Å². The highest BCUT2D eigenvalue weighted by Crippen LogP contribution is 2.35. The second-order valence-corrected chi connectivity index (χ2v) is 3.56. The first-order valence-corrected chi connectivity index (χ1v) is 4.51. The van der Waals surface area contributed by atoms with Gasteiger partial charge in [-0.25, -0.2) is 4.39 Å². The summed E-state index contributed by atoms with van der Waals surface area (Å²) < 4.78 is 16.6. The summed E-state index contributed by atoms with van der Waals surface area (Å²) in [6, 6.07) is 0.865. The molecule has 0 fully saturated rings. The van der Waals surface area contributed by atoms with Crippen molar-refractivity contribution in [1.82, 2.24) is 9.59 Å². The van der Waals surface area contributed by atoms with E-state index in [9.17, 15) is 14.5 Å². The molecule has 0 saturated heterocycles. The van der Waals surface area contributed by atoms with Crippen molar-refractivity contribution in [2.75, 3.05) is 0 Å². The summed E-state index contributed by atoms with van der Waals surface area (Å²) in [6.45, 7) is 0. The van der Waals surface area contributed by atoms with E-state index in [-0.39, 0.29) is 20.9 Å². The van der Waals surface area contributed by atoms with Crippen LogP contribution in [-0.2, 0) is 0 Å². The van der Waals surface area contributed by atoms with Crippen molar-refractivity contribution in [1.29, 1.82) is 0 Å². The van der Waals surface area contributed by atoms with Crippen LogP contribution in [0.3, 0.4) is 0 Å². The monoisotopic (exact) mass is 233 g/mol. The van der Waals surface area contributed by atoms with Gasteiger partial charge in [-0.05, 0) is 11.5 Å². The Labute approximate surface area is 85.4 Å². The van der Waals surface area contributed by atoms with E-state index in [1.165, 1.54) is 0 Å². The van der Waals surface area contributed by atoms with Crippen LogP contribution < -0.4 is 0 Å². The lowest BCUT2D eigenvalue weighted by Gasteiger charge is -1.95. The van der Waals surface area contributed by atoms with Gasteiger partial charge in [0.25, 0.3) is 0 Å². The molecule has 0 unspecified atom stereocenters. The Hall–Kier alpha value is -1.34. The minimum atomic E-state index is -0.704. The molecule has 2 aromatic rings. The van der Waals surface area contributed by atoms with Gasteiger partial charge < -0.3 is 0 Å². The van der Waals surface area contributed by atoms with Gasteiger partial charge >= 0.3 is 5.69 Å². The predicted molar refractivity (Wildman–Crippen MR) is 49.0 cm³/mol. The second kappa shape index (κ2) is 3.10. The third-order valence-corrected chi connectivity index (χ3v) is 2.61. The van der Waals surface area contributed by atoms with E-state index in [1.54, 1.807) is 0 Å². The fourth-order valence-corrected chi connectivity index (χ4v) is 2.04. The van der Waals surface area contributed by atoms with E-state index in [0.717, 1.165) is 17.6 Å². The quantitative estimate of drug-likeness (QED) is 0.560. The zero-order valence-corrected chi connectivity index (χ0v) is 7.97. The molecule has 0 atom stereocenters. The lowest BCUT2D eigenvalue weighted by Crippen LogP contribution is -1.91. The SMILES string of the molecule is O=[N+]([O-])c1c(Cl)cc(F)c2nnsc12. The number of fused-ring (bicyclic) bond motifs is 1. The highest BCUT2D eigenvalue weighted by molar-refractivity contribution is 7.13. The molecule has 8 heteroatoms. The molecule has 14 heavy (non-hydrogen) atoms. The van der Waals surface area contributed by atoms with Gasteiger partial charge in [0.15, 0.2) is 10.5 Å². The van der Waals surface area contributed by atoms with E-state index < -0.39 is 10.7 Å². The van der Waals surface area contributed by atoms with Gasteiger partial charge in [0.05, 0.1) is 4.92 Å². The van der Waals surface area contributed by atoms with Crippen molar-refractivity contribution < 1.29 is 9.31 Å². The molecular formula is C6HClFN3O2S. The summed E-state index contributed by atoms with van der Waals surface area (Å²) in [6.07, 6.45) is 0. The molecule has 72 valence electrons. The molecular weight excluding hydrogens is 233 g/mol. The third kappa shape index (κ3) is 1.21. The zero-order chi connectivity index (χ0) is 10.3. The van der Waals surface area contributed by atoms with Crippen LogP contribution >= 0.6 is 23.1 Å². The van der Waals surface area contributed by atoms with Crippen LogP contribution in [0, 0.1) is 15.9 Å². The first-order valence-electron chi connectivity index (χ1n) is 3.35. The van der Waals surface area contributed by atoms with Crippen molar-refractivity contribution in [3.8, 4) is 0 Å². The van der Waals surface area contributed by atoms with Crippen LogP contribution in [0.5, 0.6) is 0 Å². The fraction of sp³-hybridized carbons (Fsp3) is 0. The summed E-state index contributed by atoms with van der Waals surface area (Å²) in [5.74, 6) is -0.704. The van der Waals surface area contributed by atoms with Crippen molar-refractivity contribution >= 4 is 39.0 Å². The first-order chi connectivity index (χ1) is 6.61. The second-order valence-electron chi connectivity index (χ2n) is 2.40. The molecule has 0 aliphatic rings. The fourth-order valence-electron chi connectivity index (χ4n) is 1.03. The molecule has 1 heterocycles. The number of halogens is 2. The Morgan fingerprint density at radius 1 is 1.64 bits per heavy atom. The average Bonchev–Trinajstić information content (AvgIpc) is 2.51. The average molecular weight is 234 g/mol. The molecule has 5 nitrogen and oxygen atoms in total. The first kappa shape index (κ1) is 9.22. The Kier molecular flexibility index (Phi) is 2.05. The Bertz CT molecular complexity index is 529. The van der Waals surface area contributed by atoms with Crippen LogP contribution in [-0.4, -0.2) is 14.5 Å². The Morgan fingerprint density at radius 2 is 2.36 bits per heavy atom. The van der Waals surface area contributed by atoms with Crippen LogP contribution in [0.25, 0.3) is 10.2 Å². The maximum absolute atomic E-state index is 13.1. The maximum atomic E-state index is 13.1. The normalized spacial score (nSPS) is 10.7. The van der Waals surface area contributed by atoms with Gasteiger partial charge in [0.1, 0.15) is 10.5 Å². The Morgan fingerprint density at radius 3 is 3.00 bits per heavy atom. The standard InChI is InChI=1S/C6HClFN3O2S/c7-2-1-3(8)4-6(14-10-9-4)5(2)11(12)13/h1H. The van der Waals surface area contributed by atoms with E-state index in [2.05, 4.69) is 9.59 Å². The molecule has 2 rings (SSSR count). The molecule has 0 radical (unpaired) electrons. The van der Waals surface area contributed by atoms with Crippen LogP contribution in [0.4, 0.5) is 10.1 Å². The summed E-state index contributed by atoms with van der Waals surface area (Å²) in [7, 11) is 0. The van der Waals surface area contributed by atoms with Gasteiger partial charge in [0.2, 0.25) is 0 Å². The minimum Gasteiger partial charge on any atom is -0.258 e. The number of hydrogen-bond donors (Lipinski definition) is 0. The van der Waals surface area contributed by atoms with E-state index >= 15 is 0 Å². The lowest BCUT2D eigenvalue weighted by atomic mass is 10.3. The molecule has 0 spiro atoms. The molecule has 0 amide bonds. The topological polar surface area (TPSA) is 68.9 Å². The smallest absolute Gasteiger partial charge is 0.258 e. The van der Waals surface area contributed by atoms with Crippen molar-refractivity contribution in [3.05, 3.63) is 27.0 Å². The number of rotatable bonds is 1. The number of hydrogen-bond acceptors (Lipinski definition) is 5. The third-order valence-electron chi connectivity index (χ3n) is 1.59. The molecule has 1 aromatic carbocycles. The van der Waals surface area contributed by atoms with E-state index in [0.29, 0.717) is 0 Å². The summed E-state index contributed by atoms with van der Waals surface area (Å²) in [4.78, 5) is 9.92.